The number of hydrogen-bond acceptors (Lipinski definition) is 3. The van der Waals surface area contributed by atoms with E-state index in [9.17, 15) is 4.79 Å². The normalized spacial score (nSPS) is 13.6. The van der Waals surface area contributed by atoms with Crippen molar-refractivity contribution in [2.45, 2.75) is 25.8 Å². The number of rotatable bonds is 3. The Morgan fingerprint density at radius 1 is 1.75 bits per heavy atom. The summed E-state index contributed by atoms with van der Waals surface area (Å²) in [6.07, 6.45) is 3.40. The number of aromatic nitrogens is 1. The minimum Gasteiger partial charge on any atom is -0.334 e. The molecule has 1 rings (SSSR count). The van der Waals surface area contributed by atoms with Crippen LogP contribution in [-0.4, -0.2) is 16.4 Å². The van der Waals surface area contributed by atoms with Gasteiger partial charge in [-0.05, 0) is 19.4 Å². The predicted molar refractivity (Wildman–Crippen MR) is 61.0 cm³/mol. The minimum atomic E-state index is -0.871. The van der Waals surface area contributed by atoms with Gasteiger partial charge in [-0.2, -0.15) is 5.26 Å². The first-order valence-corrected chi connectivity index (χ1v) is 5.23. The molecule has 0 aromatic carbocycles. The molecule has 0 aliphatic rings. The molecule has 84 valence electrons. The van der Waals surface area contributed by atoms with Crippen LogP contribution in [-0.2, 0) is 0 Å². The highest BCUT2D eigenvalue weighted by Gasteiger charge is 2.24. The fourth-order valence-corrected chi connectivity index (χ4v) is 1.28. The maximum Gasteiger partial charge on any atom is 0.254 e. The van der Waals surface area contributed by atoms with Crippen molar-refractivity contribution in [3.05, 3.63) is 29.0 Å². The molecule has 1 N–H and O–H groups in total. The average Bonchev–Trinajstić information content (AvgIpc) is 2.29. The highest BCUT2D eigenvalue weighted by molar-refractivity contribution is 6.33. The van der Waals surface area contributed by atoms with Gasteiger partial charge >= 0.3 is 0 Å². The summed E-state index contributed by atoms with van der Waals surface area (Å²) in [5.41, 5.74) is -0.546. The number of carbonyl (C=O) groups excluding carboxylic acids is 1. The summed E-state index contributed by atoms with van der Waals surface area (Å²) in [5.74, 6) is -0.363. The number of carbonyl (C=O) groups is 1. The lowest BCUT2D eigenvalue weighted by atomic mass is 10.0. The summed E-state index contributed by atoms with van der Waals surface area (Å²) in [7, 11) is 0. The van der Waals surface area contributed by atoms with Crippen LogP contribution in [0, 0.1) is 11.3 Å². The van der Waals surface area contributed by atoms with E-state index in [-0.39, 0.29) is 10.9 Å². The van der Waals surface area contributed by atoms with Crippen LogP contribution in [0.1, 0.15) is 30.6 Å². The molecule has 0 spiro atoms. The molecular weight excluding hydrogens is 226 g/mol. The van der Waals surface area contributed by atoms with Crippen molar-refractivity contribution in [2.75, 3.05) is 0 Å². The molecule has 4 nitrogen and oxygen atoms in total. The second-order valence-corrected chi connectivity index (χ2v) is 4.01. The summed E-state index contributed by atoms with van der Waals surface area (Å²) in [5, 5.41) is 11.9. The third-order valence-corrected chi connectivity index (χ3v) is 2.66. The van der Waals surface area contributed by atoms with Gasteiger partial charge in [0.1, 0.15) is 5.54 Å². The van der Waals surface area contributed by atoms with E-state index in [1.165, 1.54) is 18.5 Å². The van der Waals surface area contributed by atoms with Crippen molar-refractivity contribution in [1.29, 1.82) is 5.26 Å². The fourth-order valence-electron chi connectivity index (χ4n) is 1.07. The van der Waals surface area contributed by atoms with E-state index in [0.29, 0.717) is 12.0 Å². The topological polar surface area (TPSA) is 65.8 Å². The van der Waals surface area contributed by atoms with Crippen LogP contribution in [0.2, 0.25) is 5.02 Å². The smallest absolute Gasteiger partial charge is 0.254 e. The molecule has 5 heteroatoms. The summed E-state index contributed by atoms with van der Waals surface area (Å²) in [6.45, 7) is 3.50. The lowest BCUT2D eigenvalue weighted by molar-refractivity contribution is 0.0923. The lowest BCUT2D eigenvalue weighted by Gasteiger charge is -2.21. The van der Waals surface area contributed by atoms with Gasteiger partial charge in [-0.3, -0.25) is 9.78 Å². The van der Waals surface area contributed by atoms with Gasteiger partial charge in [0.05, 0.1) is 16.7 Å². The largest absolute Gasteiger partial charge is 0.334 e. The summed E-state index contributed by atoms with van der Waals surface area (Å²) in [6, 6.07) is 3.58. The number of hydrogen-bond donors (Lipinski definition) is 1. The number of halogens is 1. The monoisotopic (exact) mass is 237 g/mol. The highest BCUT2D eigenvalue weighted by Crippen LogP contribution is 2.15. The Kier molecular flexibility index (Phi) is 3.86. The Morgan fingerprint density at radius 2 is 2.44 bits per heavy atom. The predicted octanol–water partition coefficient (Wildman–Crippen LogP) is 2.16. The average molecular weight is 238 g/mol. The van der Waals surface area contributed by atoms with Crippen LogP contribution in [0.4, 0.5) is 0 Å². The molecule has 1 aromatic rings. The molecule has 1 heterocycles. The number of nitriles is 1. The standard InChI is InChI=1S/C11H12ClN3O/c1-3-11(2,7-13)15-10(16)8-4-5-14-6-9(8)12/h4-6H,3H2,1-2H3,(H,15,16). The zero-order valence-corrected chi connectivity index (χ0v) is 9.88. The first-order valence-electron chi connectivity index (χ1n) is 4.85. The minimum absolute atomic E-state index is 0.274. The van der Waals surface area contributed by atoms with Crippen LogP contribution in [0.25, 0.3) is 0 Å². The number of nitrogens with zero attached hydrogens (tertiary/aromatic N) is 2. The number of nitrogens with one attached hydrogen (secondary N) is 1. The maximum atomic E-state index is 11.8. The molecule has 0 saturated carbocycles. The molecule has 1 unspecified atom stereocenters. The Bertz CT molecular complexity index is 441. The molecule has 0 aliphatic carbocycles. The van der Waals surface area contributed by atoms with Gasteiger partial charge < -0.3 is 5.32 Å². The zero-order chi connectivity index (χ0) is 12.2. The molecule has 0 saturated heterocycles. The van der Waals surface area contributed by atoms with Crippen LogP contribution in [0.5, 0.6) is 0 Å². The molecule has 0 radical (unpaired) electrons. The fraction of sp³-hybridized carbons (Fsp3) is 0.364. The Balaban J connectivity index is 2.90. The second-order valence-electron chi connectivity index (χ2n) is 3.61. The second kappa shape index (κ2) is 4.95. The maximum absolute atomic E-state index is 11.8. The van der Waals surface area contributed by atoms with Crippen LogP contribution >= 0.6 is 11.6 Å². The van der Waals surface area contributed by atoms with Gasteiger partial charge in [0.15, 0.2) is 0 Å². The molecule has 0 aliphatic heterocycles. The number of amides is 1. The zero-order valence-electron chi connectivity index (χ0n) is 9.12. The third kappa shape index (κ3) is 2.71. The van der Waals surface area contributed by atoms with E-state index in [0.717, 1.165) is 0 Å². The van der Waals surface area contributed by atoms with Gasteiger partial charge in [-0.1, -0.05) is 18.5 Å². The first kappa shape index (κ1) is 12.5. The molecule has 1 atom stereocenters. The van der Waals surface area contributed by atoms with Crippen molar-refractivity contribution in [3.63, 3.8) is 0 Å². The van der Waals surface area contributed by atoms with Crippen LogP contribution in [0.3, 0.4) is 0 Å². The van der Waals surface area contributed by atoms with Crippen molar-refractivity contribution in [1.82, 2.24) is 10.3 Å². The van der Waals surface area contributed by atoms with Gasteiger partial charge in [0.2, 0.25) is 0 Å². The van der Waals surface area contributed by atoms with E-state index < -0.39 is 5.54 Å². The molecule has 1 amide bonds. The highest BCUT2D eigenvalue weighted by atomic mass is 35.5. The van der Waals surface area contributed by atoms with Crippen LogP contribution < -0.4 is 5.32 Å². The molecule has 0 bridgehead atoms. The van der Waals surface area contributed by atoms with Gasteiger partial charge in [-0.15, -0.1) is 0 Å². The van der Waals surface area contributed by atoms with Crippen LogP contribution in [0.15, 0.2) is 18.5 Å². The summed E-state index contributed by atoms with van der Waals surface area (Å²) >= 11 is 5.83. The van der Waals surface area contributed by atoms with Gasteiger partial charge in [0, 0.05) is 12.4 Å². The van der Waals surface area contributed by atoms with Crippen molar-refractivity contribution >= 4 is 17.5 Å². The number of pyridine rings is 1. The Morgan fingerprint density at radius 3 is 2.94 bits per heavy atom. The molecular formula is C11H12ClN3O. The Labute approximate surface area is 99.2 Å². The van der Waals surface area contributed by atoms with Crippen molar-refractivity contribution in [2.24, 2.45) is 0 Å². The van der Waals surface area contributed by atoms with E-state index in [4.69, 9.17) is 16.9 Å². The molecule has 1 aromatic heterocycles. The van der Waals surface area contributed by atoms with E-state index in [2.05, 4.69) is 16.4 Å². The SMILES string of the molecule is CCC(C)(C#N)NC(=O)c1ccncc1Cl. The summed E-state index contributed by atoms with van der Waals surface area (Å²) < 4.78 is 0. The Hall–Kier alpha value is -1.60. The third-order valence-electron chi connectivity index (χ3n) is 2.36. The van der Waals surface area contributed by atoms with Crippen molar-refractivity contribution in [3.8, 4) is 6.07 Å². The van der Waals surface area contributed by atoms with Gasteiger partial charge in [0.25, 0.3) is 5.91 Å². The van der Waals surface area contributed by atoms with E-state index in [1.807, 2.05) is 6.92 Å². The first-order chi connectivity index (χ1) is 7.52. The van der Waals surface area contributed by atoms with E-state index >= 15 is 0 Å². The summed E-state index contributed by atoms with van der Waals surface area (Å²) in [4.78, 5) is 15.6. The van der Waals surface area contributed by atoms with Gasteiger partial charge in [-0.25, -0.2) is 0 Å². The molecule has 0 fully saturated rings. The lowest BCUT2D eigenvalue weighted by Crippen LogP contribution is -2.44. The van der Waals surface area contributed by atoms with E-state index in [1.54, 1.807) is 6.92 Å². The van der Waals surface area contributed by atoms with Crippen molar-refractivity contribution < 1.29 is 4.79 Å². The molecule has 16 heavy (non-hydrogen) atoms. The quantitative estimate of drug-likeness (QED) is 0.876.